The van der Waals surface area contributed by atoms with Crippen LogP contribution in [0.3, 0.4) is 0 Å². The monoisotopic (exact) mass is 419 g/mol. The number of ether oxygens (including phenoxy) is 2. The minimum absolute atomic E-state index is 0.152. The fourth-order valence-electron chi connectivity index (χ4n) is 4.68. The second-order valence-electron chi connectivity index (χ2n) is 10.0. The zero-order valence-electron chi connectivity index (χ0n) is 18.4. The molecule has 3 heterocycles. The highest BCUT2D eigenvalue weighted by atomic mass is 19.1. The van der Waals surface area contributed by atoms with E-state index in [1.165, 1.54) is 6.07 Å². The SMILES string of the molecule is CC(C)(C)OC(=O)N1CC2(CCN(c3cc(F)cc(OC4CCNCC4)c3)CC2)C1. The highest BCUT2D eigenvalue weighted by Crippen LogP contribution is 2.42. The number of hydrogen-bond donors (Lipinski definition) is 1. The Hall–Kier alpha value is -2.02. The first-order chi connectivity index (χ1) is 14.2. The van der Waals surface area contributed by atoms with Crippen molar-refractivity contribution in [3.05, 3.63) is 24.0 Å². The molecule has 1 N–H and O–H groups in total. The van der Waals surface area contributed by atoms with Crippen molar-refractivity contribution in [2.75, 3.05) is 44.2 Å². The molecule has 0 atom stereocenters. The molecule has 1 spiro atoms. The van der Waals surface area contributed by atoms with Gasteiger partial charge in [-0.05, 0) is 65.6 Å². The first kappa shape index (κ1) is 21.2. The van der Waals surface area contributed by atoms with Crippen molar-refractivity contribution in [1.29, 1.82) is 0 Å². The summed E-state index contributed by atoms with van der Waals surface area (Å²) in [5, 5.41) is 3.32. The molecule has 3 fully saturated rings. The van der Waals surface area contributed by atoms with Crippen LogP contribution in [0.1, 0.15) is 46.5 Å². The molecule has 1 aromatic carbocycles. The molecular weight excluding hydrogens is 385 g/mol. The van der Waals surface area contributed by atoms with Crippen LogP contribution < -0.4 is 15.0 Å². The lowest BCUT2D eigenvalue weighted by Gasteiger charge is -2.54. The number of halogens is 1. The fraction of sp³-hybridized carbons (Fsp3) is 0.696. The van der Waals surface area contributed by atoms with Gasteiger partial charge in [-0.1, -0.05) is 0 Å². The van der Waals surface area contributed by atoms with E-state index in [1.807, 2.05) is 26.8 Å². The number of carbonyl (C=O) groups is 1. The van der Waals surface area contributed by atoms with Crippen molar-refractivity contribution in [2.45, 2.75) is 58.2 Å². The van der Waals surface area contributed by atoms with E-state index in [2.05, 4.69) is 10.2 Å². The van der Waals surface area contributed by atoms with E-state index in [0.717, 1.165) is 70.6 Å². The van der Waals surface area contributed by atoms with Crippen LogP contribution in [-0.4, -0.2) is 62.0 Å². The maximum Gasteiger partial charge on any atom is 0.410 e. The van der Waals surface area contributed by atoms with Crippen molar-refractivity contribution < 1.29 is 18.7 Å². The first-order valence-corrected chi connectivity index (χ1v) is 11.1. The quantitative estimate of drug-likeness (QED) is 0.808. The molecule has 4 rings (SSSR count). The Labute approximate surface area is 178 Å². The Morgan fingerprint density at radius 2 is 1.80 bits per heavy atom. The number of likely N-dealkylation sites (tertiary alicyclic amines) is 1. The fourth-order valence-corrected chi connectivity index (χ4v) is 4.68. The van der Waals surface area contributed by atoms with Crippen LogP contribution >= 0.6 is 0 Å². The van der Waals surface area contributed by atoms with Crippen LogP contribution in [0.25, 0.3) is 0 Å². The Balaban J connectivity index is 1.32. The summed E-state index contributed by atoms with van der Waals surface area (Å²) in [6.07, 6.45) is 3.82. The van der Waals surface area contributed by atoms with Gasteiger partial charge in [0.2, 0.25) is 0 Å². The zero-order valence-corrected chi connectivity index (χ0v) is 18.4. The van der Waals surface area contributed by atoms with Crippen molar-refractivity contribution in [3.63, 3.8) is 0 Å². The number of amides is 1. The number of benzene rings is 1. The Morgan fingerprint density at radius 1 is 1.13 bits per heavy atom. The molecule has 0 unspecified atom stereocenters. The van der Waals surface area contributed by atoms with Crippen molar-refractivity contribution in [1.82, 2.24) is 10.2 Å². The van der Waals surface area contributed by atoms with E-state index in [0.29, 0.717) is 5.75 Å². The number of nitrogens with one attached hydrogen (secondary N) is 1. The lowest BCUT2D eigenvalue weighted by Crippen LogP contribution is -2.62. The predicted octanol–water partition coefficient (Wildman–Crippen LogP) is 3.79. The third kappa shape index (κ3) is 4.99. The lowest BCUT2D eigenvalue weighted by atomic mass is 9.72. The van der Waals surface area contributed by atoms with E-state index in [-0.39, 0.29) is 23.4 Å². The molecule has 1 aromatic rings. The van der Waals surface area contributed by atoms with Gasteiger partial charge in [0.25, 0.3) is 0 Å². The van der Waals surface area contributed by atoms with Crippen molar-refractivity contribution in [2.24, 2.45) is 5.41 Å². The largest absolute Gasteiger partial charge is 0.490 e. The summed E-state index contributed by atoms with van der Waals surface area (Å²) in [5.41, 5.74) is 0.598. The number of anilines is 1. The Morgan fingerprint density at radius 3 is 2.43 bits per heavy atom. The van der Waals surface area contributed by atoms with Gasteiger partial charge in [0.15, 0.2) is 0 Å². The van der Waals surface area contributed by atoms with Crippen LogP contribution in [0.15, 0.2) is 18.2 Å². The number of nitrogens with zero attached hydrogens (tertiary/aromatic N) is 2. The van der Waals surface area contributed by atoms with Crippen LogP contribution in [0.4, 0.5) is 14.9 Å². The molecule has 3 aliphatic rings. The van der Waals surface area contributed by atoms with E-state index >= 15 is 0 Å². The molecule has 0 aliphatic carbocycles. The molecule has 1 amide bonds. The van der Waals surface area contributed by atoms with Crippen LogP contribution in [0, 0.1) is 11.2 Å². The van der Waals surface area contributed by atoms with Crippen molar-refractivity contribution >= 4 is 11.8 Å². The summed E-state index contributed by atoms with van der Waals surface area (Å²) in [5.74, 6) is 0.369. The summed E-state index contributed by atoms with van der Waals surface area (Å²) in [6.45, 7) is 10.8. The summed E-state index contributed by atoms with van der Waals surface area (Å²) < 4.78 is 25.8. The van der Waals surface area contributed by atoms with Gasteiger partial charge in [-0.25, -0.2) is 9.18 Å². The molecule has 166 valence electrons. The first-order valence-electron chi connectivity index (χ1n) is 11.1. The van der Waals surface area contributed by atoms with Gasteiger partial charge in [0.1, 0.15) is 23.3 Å². The minimum atomic E-state index is -0.464. The molecule has 30 heavy (non-hydrogen) atoms. The molecule has 6 nitrogen and oxygen atoms in total. The van der Waals surface area contributed by atoms with Gasteiger partial charge in [-0.2, -0.15) is 0 Å². The van der Waals surface area contributed by atoms with E-state index in [4.69, 9.17) is 9.47 Å². The predicted molar refractivity (Wildman–Crippen MR) is 115 cm³/mol. The lowest BCUT2D eigenvalue weighted by molar-refractivity contribution is -0.0434. The Kier molecular flexibility index (Phi) is 5.84. The number of piperidine rings is 2. The van der Waals surface area contributed by atoms with E-state index in [1.54, 1.807) is 11.0 Å². The molecule has 0 bridgehead atoms. The highest BCUT2D eigenvalue weighted by Gasteiger charge is 2.47. The maximum absolute atomic E-state index is 14.3. The third-order valence-corrected chi connectivity index (χ3v) is 6.34. The number of carbonyl (C=O) groups excluding carboxylic acids is 1. The molecule has 7 heteroatoms. The Bertz CT molecular complexity index is 757. The highest BCUT2D eigenvalue weighted by molar-refractivity contribution is 5.69. The molecular formula is C23H34FN3O3. The standard InChI is InChI=1S/C23H34FN3O3/c1-22(2,3)30-21(28)27-15-23(16-27)6-10-26(11-7-23)18-12-17(24)13-20(14-18)29-19-4-8-25-9-5-19/h12-14,19,25H,4-11,15-16H2,1-3H3. The molecule has 3 aliphatic heterocycles. The number of rotatable bonds is 3. The number of hydrogen-bond acceptors (Lipinski definition) is 5. The normalized spacial score (nSPS) is 22.0. The topological polar surface area (TPSA) is 54.0 Å². The van der Waals surface area contributed by atoms with Gasteiger partial charge >= 0.3 is 6.09 Å². The third-order valence-electron chi connectivity index (χ3n) is 6.34. The summed E-state index contributed by atoms with van der Waals surface area (Å²) in [4.78, 5) is 16.3. The van der Waals surface area contributed by atoms with E-state index in [9.17, 15) is 9.18 Å². The maximum atomic E-state index is 14.3. The zero-order chi connectivity index (χ0) is 21.4. The molecule has 0 radical (unpaired) electrons. The molecule has 0 aromatic heterocycles. The average Bonchev–Trinajstić information content (AvgIpc) is 2.65. The van der Waals surface area contributed by atoms with Gasteiger partial charge in [0.05, 0.1) is 0 Å². The van der Waals surface area contributed by atoms with Crippen molar-refractivity contribution in [3.8, 4) is 5.75 Å². The summed E-state index contributed by atoms with van der Waals surface area (Å²) in [7, 11) is 0. The van der Waals surface area contributed by atoms with Gasteiger partial charge < -0.3 is 24.6 Å². The van der Waals surface area contributed by atoms with E-state index < -0.39 is 5.60 Å². The van der Waals surface area contributed by atoms with Crippen LogP contribution in [0.5, 0.6) is 5.75 Å². The minimum Gasteiger partial charge on any atom is -0.490 e. The molecule has 3 saturated heterocycles. The van der Waals surface area contributed by atoms with Crippen LogP contribution in [0.2, 0.25) is 0 Å². The van der Waals surface area contributed by atoms with Gasteiger partial charge in [-0.3, -0.25) is 0 Å². The van der Waals surface area contributed by atoms with Gasteiger partial charge in [0, 0.05) is 49.4 Å². The second-order valence-corrected chi connectivity index (χ2v) is 10.0. The van der Waals surface area contributed by atoms with Gasteiger partial charge in [-0.15, -0.1) is 0 Å². The van der Waals surface area contributed by atoms with Crippen LogP contribution in [-0.2, 0) is 4.74 Å². The molecule has 0 saturated carbocycles. The second kappa shape index (κ2) is 8.25. The average molecular weight is 420 g/mol. The summed E-state index contributed by atoms with van der Waals surface area (Å²) >= 11 is 0. The smallest absolute Gasteiger partial charge is 0.410 e. The summed E-state index contributed by atoms with van der Waals surface area (Å²) in [6, 6.07) is 5.06.